The average molecular weight is 446 g/mol. The fourth-order valence-electron chi connectivity index (χ4n) is 4.02. The molecule has 0 saturated carbocycles. The molecule has 0 aromatic heterocycles. The number of hydrogen-bond acceptors (Lipinski definition) is 4. The Morgan fingerprint density at radius 3 is 2.53 bits per heavy atom. The number of carbonyl (C=O) groups is 2. The number of anilines is 1. The Kier molecular flexibility index (Phi) is 6.11. The predicted octanol–water partition coefficient (Wildman–Crippen LogP) is 4.56. The van der Waals surface area contributed by atoms with Crippen molar-refractivity contribution in [2.24, 2.45) is 0 Å². The highest BCUT2D eigenvalue weighted by atomic mass is 35.5. The quantitative estimate of drug-likeness (QED) is 0.752. The number of thioether (sulfide) groups is 1. The van der Waals surface area contributed by atoms with Crippen LogP contribution in [-0.2, 0) is 0 Å². The number of benzene rings is 2. The van der Waals surface area contributed by atoms with Crippen LogP contribution in [0.3, 0.4) is 0 Å². The predicted molar refractivity (Wildman–Crippen MR) is 120 cm³/mol. The highest BCUT2D eigenvalue weighted by Crippen LogP contribution is 2.44. The van der Waals surface area contributed by atoms with E-state index in [2.05, 4.69) is 5.32 Å². The van der Waals surface area contributed by atoms with Gasteiger partial charge in [-0.25, -0.2) is 4.79 Å². The maximum Gasteiger partial charge on any atom is 0.321 e. The maximum atomic E-state index is 13.1. The first-order chi connectivity index (χ1) is 14.5. The number of nitrogens with one attached hydrogen (secondary N) is 1. The monoisotopic (exact) mass is 445 g/mol. The zero-order chi connectivity index (χ0) is 21.1. The number of urea groups is 1. The number of rotatable bonds is 3. The number of likely N-dealkylation sites (tertiary alicyclic amines) is 1. The van der Waals surface area contributed by atoms with Gasteiger partial charge < -0.3 is 19.9 Å². The molecule has 1 spiro atoms. The summed E-state index contributed by atoms with van der Waals surface area (Å²) >= 11 is 7.79. The molecule has 30 heavy (non-hydrogen) atoms. The van der Waals surface area contributed by atoms with E-state index in [-0.39, 0.29) is 16.8 Å². The van der Waals surface area contributed by atoms with Crippen LogP contribution in [0.2, 0.25) is 5.02 Å². The standard InChI is InChI=1S/C22H24ClN3O3S/c1-29-19-4-2-3-18(15-19)24-21(28)25-11-9-22(10-12-25)26(13-14-30-22)20(27)16-5-7-17(23)8-6-16/h2-8,15H,9-14H2,1H3,(H,24,28). The Morgan fingerprint density at radius 1 is 1.10 bits per heavy atom. The van der Waals surface area contributed by atoms with E-state index in [1.807, 2.05) is 39.8 Å². The molecule has 2 heterocycles. The van der Waals surface area contributed by atoms with Crippen molar-refractivity contribution in [3.05, 3.63) is 59.1 Å². The minimum absolute atomic E-state index is 0.0333. The Morgan fingerprint density at radius 2 is 1.83 bits per heavy atom. The largest absolute Gasteiger partial charge is 0.497 e. The minimum atomic E-state index is -0.247. The summed E-state index contributed by atoms with van der Waals surface area (Å²) < 4.78 is 5.21. The van der Waals surface area contributed by atoms with Crippen LogP contribution in [0, 0.1) is 0 Å². The Bertz CT molecular complexity index is 929. The second kappa shape index (κ2) is 8.78. The third-order valence-electron chi connectivity index (χ3n) is 5.67. The maximum absolute atomic E-state index is 13.1. The highest BCUT2D eigenvalue weighted by Gasteiger charge is 2.47. The number of nitrogens with zero attached hydrogens (tertiary/aromatic N) is 2. The van der Waals surface area contributed by atoms with Crippen molar-refractivity contribution in [1.29, 1.82) is 0 Å². The molecule has 6 nitrogen and oxygen atoms in total. The van der Waals surface area contributed by atoms with Crippen molar-refractivity contribution in [2.45, 2.75) is 17.7 Å². The van der Waals surface area contributed by atoms with Gasteiger partial charge in [0.05, 0.1) is 12.0 Å². The third kappa shape index (κ3) is 4.23. The van der Waals surface area contributed by atoms with Crippen LogP contribution in [0.15, 0.2) is 48.5 Å². The van der Waals surface area contributed by atoms with Crippen LogP contribution in [-0.4, -0.2) is 59.1 Å². The molecule has 0 radical (unpaired) electrons. The number of ether oxygens (including phenoxy) is 1. The molecule has 3 amide bonds. The molecule has 2 fully saturated rings. The number of carbonyl (C=O) groups excluding carboxylic acids is 2. The summed E-state index contributed by atoms with van der Waals surface area (Å²) in [6.45, 7) is 1.93. The minimum Gasteiger partial charge on any atom is -0.497 e. The molecule has 0 bridgehead atoms. The summed E-state index contributed by atoms with van der Waals surface area (Å²) in [5.74, 6) is 1.64. The first-order valence-electron chi connectivity index (χ1n) is 9.92. The van der Waals surface area contributed by atoms with E-state index in [9.17, 15) is 9.59 Å². The van der Waals surface area contributed by atoms with Gasteiger partial charge in [0.25, 0.3) is 5.91 Å². The van der Waals surface area contributed by atoms with Crippen LogP contribution in [0.1, 0.15) is 23.2 Å². The Hall–Kier alpha value is -2.38. The van der Waals surface area contributed by atoms with Crippen LogP contribution in [0.25, 0.3) is 0 Å². The van der Waals surface area contributed by atoms with Gasteiger partial charge in [-0.2, -0.15) is 0 Å². The topological polar surface area (TPSA) is 61.9 Å². The fourth-order valence-corrected chi connectivity index (χ4v) is 5.60. The number of piperidine rings is 1. The fraction of sp³-hybridized carbons (Fsp3) is 0.364. The third-order valence-corrected chi connectivity index (χ3v) is 7.47. The smallest absolute Gasteiger partial charge is 0.321 e. The lowest BCUT2D eigenvalue weighted by atomic mass is 10.0. The number of amides is 3. The van der Waals surface area contributed by atoms with Gasteiger partial charge in [-0.1, -0.05) is 17.7 Å². The average Bonchev–Trinajstić information content (AvgIpc) is 3.17. The van der Waals surface area contributed by atoms with Gasteiger partial charge in [0, 0.05) is 47.7 Å². The van der Waals surface area contributed by atoms with Crippen molar-refractivity contribution in [3.8, 4) is 5.75 Å². The molecular weight excluding hydrogens is 422 g/mol. The molecule has 2 aromatic carbocycles. The summed E-state index contributed by atoms with van der Waals surface area (Å²) in [5.41, 5.74) is 1.36. The summed E-state index contributed by atoms with van der Waals surface area (Å²) in [4.78, 5) is 29.4. The van der Waals surface area contributed by atoms with E-state index in [0.29, 0.717) is 35.1 Å². The molecule has 2 aliphatic heterocycles. The molecule has 2 saturated heterocycles. The molecule has 8 heteroatoms. The van der Waals surface area contributed by atoms with E-state index in [1.54, 1.807) is 37.4 Å². The second-order valence-corrected chi connectivity index (χ2v) is 9.30. The first-order valence-corrected chi connectivity index (χ1v) is 11.3. The van der Waals surface area contributed by atoms with Crippen molar-refractivity contribution in [1.82, 2.24) is 9.80 Å². The van der Waals surface area contributed by atoms with Gasteiger partial charge in [0.2, 0.25) is 0 Å². The SMILES string of the molecule is COc1cccc(NC(=O)N2CCC3(CC2)SCCN3C(=O)c2ccc(Cl)cc2)c1. The Balaban J connectivity index is 1.40. The number of methoxy groups -OCH3 is 1. The molecule has 2 aliphatic rings. The molecule has 0 unspecified atom stereocenters. The molecule has 4 rings (SSSR count). The van der Waals surface area contributed by atoms with Crippen LogP contribution >= 0.6 is 23.4 Å². The van der Waals surface area contributed by atoms with Gasteiger partial charge in [0.1, 0.15) is 5.75 Å². The molecule has 2 aromatic rings. The van der Waals surface area contributed by atoms with Gasteiger partial charge in [-0.05, 0) is 49.2 Å². The van der Waals surface area contributed by atoms with E-state index >= 15 is 0 Å². The molecule has 0 atom stereocenters. The second-order valence-electron chi connectivity index (χ2n) is 7.41. The van der Waals surface area contributed by atoms with Gasteiger partial charge in [-0.15, -0.1) is 11.8 Å². The first kappa shape index (κ1) is 20.9. The van der Waals surface area contributed by atoms with Crippen LogP contribution in [0.5, 0.6) is 5.75 Å². The van der Waals surface area contributed by atoms with Gasteiger partial charge in [0.15, 0.2) is 0 Å². The summed E-state index contributed by atoms with van der Waals surface area (Å²) in [5, 5.41) is 3.56. The van der Waals surface area contributed by atoms with E-state index in [4.69, 9.17) is 16.3 Å². The van der Waals surface area contributed by atoms with E-state index < -0.39 is 0 Å². The van der Waals surface area contributed by atoms with E-state index in [0.717, 1.165) is 25.1 Å². The zero-order valence-electron chi connectivity index (χ0n) is 16.8. The normalized spacial score (nSPS) is 17.8. The van der Waals surface area contributed by atoms with Crippen molar-refractivity contribution in [3.63, 3.8) is 0 Å². The lowest BCUT2D eigenvalue weighted by molar-refractivity contribution is 0.0585. The van der Waals surface area contributed by atoms with Gasteiger partial charge >= 0.3 is 6.03 Å². The van der Waals surface area contributed by atoms with Crippen molar-refractivity contribution >= 4 is 41.0 Å². The van der Waals surface area contributed by atoms with Crippen LogP contribution in [0.4, 0.5) is 10.5 Å². The van der Waals surface area contributed by atoms with Crippen LogP contribution < -0.4 is 10.1 Å². The molecule has 0 aliphatic carbocycles. The van der Waals surface area contributed by atoms with Gasteiger partial charge in [-0.3, -0.25) is 4.79 Å². The highest BCUT2D eigenvalue weighted by molar-refractivity contribution is 8.00. The lowest BCUT2D eigenvalue weighted by Gasteiger charge is -2.44. The summed E-state index contributed by atoms with van der Waals surface area (Å²) in [7, 11) is 1.60. The number of halogens is 1. The summed E-state index contributed by atoms with van der Waals surface area (Å²) in [6, 6.07) is 14.2. The number of hydrogen-bond donors (Lipinski definition) is 1. The molecular formula is C22H24ClN3O3S. The molecule has 1 N–H and O–H groups in total. The lowest BCUT2D eigenvalue weighted by Crippen LogP contribution is -2.54. The van der Waals surface area contributed by atoms with E-state index in [1.165, 1.54) is 0 Å². The zero-order valence-corrected chi connectivity index (χ0v) is 18.3. The van der Waals surface area contributed by atoms with Crippen molar-refractivity contribution < 1.29 is 14.3 Å². The van der Waals surface area contributed by atoms with Crippen molar-refractivity contribution in [2.75, 3.05) is 37.8 Å². The Labute approximate surface area is 185 Å². The molecule has 158 valence electrons. The summed E-state index contributed by atoms with van der Waals surface area (Å²) in [6.07, 6.45) is 1.51.